The fourth-order valence-corrected chi connectivity index (χ4v) is 3.76. The number of benzene rings is 1. The first-order valence-electron chi connectivity index (χ1n) is 8.90. The number of nitrogens with zero attached hydrogens (tertiary/aromatic N) is 2. The summed E-state index contributed by atoms with van der Waals surface area (Å²) in [4.78, 5) is 40.3. The van der Waals surface area contributed by atoms with Gasteiger partial charge in [0, 0.05) is 17.8 Å². The Hall–Kier alpha value is -2.08. The Labute approximate surface area is 158 Å². The maximum absolute atomic E-state index is 12.8. The largest absolute Gasteiger partial charge is 0.325 e. The lowest BCUT2D eigenvalue weighted by atomic mass is 9.77. The lowest BCUT2D eigenvalue weighted by Crippen LogP contribution is -2.50. The normalized spacial score (nSPS) is 25.5. The summed E-state index contributed by atoms with van der Waals surface area (Å²) in [5.41, 5.74) is 0.716. The lowest BCUT2D eigenvalue weighted by molar-refractivity contribution is -0.135. The van der Waals surface area contributed by atoms with Gasteiger partial charge in [0.15, 0.2) is 0 Å². The van der Waals surface area contributed by atoms with Crippen LogP contribution in [-0.4, -0.2) is 41.9 Å². The third-order valence-corrected chi connectivity index (χ3v) is 5.99. The van der Waals surface area contributed by atoms with Crippen LogP contribution in [0.3, 0.4) is 0 Å². The number of nitrogens with one attached hydrogen (secondary N) is 1. The van der Waals surface area contributed by atoms with Gasteiger partial charge < -0.3 is 10.2 Å². The molecule has 7 heteroatoms. The molecule has 1 saturated carbocycles. The maximum Gasteiger partial charge on any atom is 0.325 e. The molecule has 1 N–H and O–H groups in total. The molecule has 1 saturated heterocycles. The van der Waals surface area contributed by atoms with Gasteiger partial charge in [-0.15, -0.1) is 0 Å². The Bertz CT molecular complexity index is 756. The van der Waals surface area contributed by atoms with Crippen LogP contribution < -0.4 is 10.2 Å². The smallest absolute Gasteiger partial charge is 0.323 e. The van der Waals surface area contributed by atoms with E-state index in [0.29, 0.717) is 29.5 Å². The van der Waals surface area contributed by atoms with E-state index in [1.807, 2.05) is 13.0 Å². The van der Waals surface area contributed by atoms with Crippen molar-refractivity contribution >= 4 is 35.1 Å². The number of halogens is 1. The lowest BCUT2D eigenvalue weighted by Gasteiger charge is -2.33. The minimum atomic E-state index is -0.824. The number of urea groups is 1. The molecule has 0 atom stereocenters. The molecule has 2 fully saturated rings. The summed E-state index contributed by atoms with van der Waals surface area (Å²) in [5.74, 6) is -0.0637. The van der Waals surface area contributed by atoms with Gasteiger partial charge in [-0.2, -0.15) is 0 Å². The van der Waals surface area contributed by atoms with Gasteiger partial charge in [0.1, 0.15) is 12.1 Å². The predicted octanol–water partition coefficient (Wildman–Crippen LogP) is 3.11. The molecule has 0 bridgehead atoms. The number of hydrogen-bond acceptors (Lipinski definition) is 3. The molecule has 26 heavy (non-hydrogen) atoms. The third-order valence-electron chi connectivity index (χ3n) is 5.58. The highest BCUT2D eigenvalue weighted by molar-refractivity contribution is 6.31. The molecule has 3 rings (SSSR count). The van der Waals surface area contributed by atoms with Crippen LogP contribution in [0.1, 0.15) is 38.2 Å². The van der Waals surface area contributed by atoms with Crippen molar-refractivity contribution in [2.75, 3.05) is 18.5 Å². The van der Waals surface area contributed by atoms with E-state index in [1.54, 1.807) is 19.2 Å². The van der Waals surface area contributed by atoms with E-state index >= 15 is 0 Å². The monoisotopic (exact) mass is 377 g/mol. The number of hydrogen-bond donors (Lipinski definition) is 1. The maximum atomic E-state index is 12.8. The summed E-state index contributed by atoms with van der Waals surface area (Å²) in [5, 5.41) is 3.40. The van der Waals surface area contributed by atoms with Crippen molar-refractivity contribution in [1.82, 2.24) is 10.2 Å². The summed E-state index contributed by atoms with van der Waals surface area (Å²) in [7, 11) is 1.61. The molecule has 1 spiro atoms. The van der Waals surface area contributed by atoms with Crippen LogP contribution in [0.15, 0.2) is 18.2 Å². The molecular formula is C19H24ClN3O3. The molecule has 4 amide bonds. The van der Waals surface area contributed by atoms with Crippen LogP contribution in [0.5, 0.6) is 0 Å². The van der Waals surface area contributed by atoms with Crippen molar-refractivity contribution < 1.29 is 14.4 Å². The van der Waals surface area contributed by atoms with Gasteiger partial charge in [-0.3, -0.25) is 14.5 Å². The molecule has 6 nitrogen and oxygen atoms in total. The summed E-state index contributed by atoms with van der Waals surface area (Å²) in [6.07, 6.45) is 3.06. The zero-order chi connectivity index (χ0) is 19.1. The van der Waals surface area contributed by atoms with Crippen molar-refractivity contribution in [3.63, 3.8) is 0 Å². The van der Waals surface area contributed by atoms with Crippen molar-refractivity contribution in [3.05, 3.63) is 28.8 Å². The zero-order valence-corrected chi connectivity index (χ0v) is 16.1. The minimum Gasteiger partial charge on any atom is -0.323 e. The summed E-state index contributed by atoms with van der Waals surface area (Å²) < 4.78 is 0. The highest BCUT2D eigenvalue weighted by Crippen LogP contribution is 2.36. The number of aryl methyl sites for hydroxylation is 1. The molecule has 0 unspecified atom stereocenters. The van der Waals surface area contributed by atoms with E-state index in [9.17, 15) is 14.4 Å². The van der Waals surface area contributed by atoms with E-state index in [2.05, 4.69) is 12.2 Å². The molecule has 1 aliphatic carbocycles. The Morgan fingerprint density at radius 1 is 1.35 bits per heavy atom. The zero-order valence-electron chi connectivity index (χ0n) is 15.3. The first-order valence-corrected chi connectivity index (χ1v) is 9.28. The molecule has 0 aromatic heterocycles. The Kier molecular flexibility index (Phi) is 4.97. The number of likely N-dealkylation sites (N-methyl/N-ethyl adjacent to an activating group) is 1. The van der Waals surface area contributed by atoms with Gasteiger partial charge >= 0.3 is 6.03 Å². The van der Waals surface area contributed by atoms with Crippen LogP contribution in [-0.2, 0) is 9.59 Å². The van der Waals surface area contributed by atoms with Crippen LogP contribution in [0.4, 0.5) is 10.5 Å². The second-order valence-electron chi connectivity index (χ2n) is 7.47. The Morgan fingerprint density at radius 2 is 2.00 bits per heavy atom. The van der Waals surface area contributed by atoms with E-state index in [0.717, 1.165) is 23.3 Å². The number of carbonyl (C=O) groups excluding carboxylic acids is 3. The van der Waals surface area contributed by atoms with Gasteiger partial charge in [0.2, 0.25) is 5.91 Å². The third kappa shape index (κ3) is 3.30. The van der Waals surface area contributed by atoms with Crippen molar-refractivity contribution in [2.45, 2.75) is 45.1 Å². The van der Waals surface area contributed by atoms with E-state index < -0.39 is 11.6 Å². The fraction of sp³-hybridized carbons (Fsp3) is 0.526. The number of anilines is 1. The predicted molar refractivity (Wildman–Crippen MR) is 100 cm³/mol. The number of carbonyl (C=O) groups is 3. The fourth-order valence-electron chi connectivity index (χ4n) is 3.59. The van der Waals surface area contributed by atoms with Crippen LogP contribution >= 0.6 is 11.6 Å². The van der Waals surface area contributed by atoms with E-state index in [1.165, 1.54) is 4.90 Å². The highest BCUT2D eigenvalue weighted by Gasteiger charge is 2.52. The van der Waals surface area contributed by atoms with Gasteiger partial charge in [0.05, 0.1) is 0 Å². The molecule has 1 aromatic carbocycles. The molecule has 2 aliphatic rings. The summed E-state index contributed by atoms with van der Waals surface area (Å²) in [6.45, 7) is 3.76. The van der Waals surface area contributed by atoms with Crippen molar-refractivity contribution in [3.8, 4) is 0 Å². The van der Waals surface area contributed by atoms with Gasteiger partial charge in [-0.25, -0.2) is 4.79 Å². The van der Waals surface area contributed by atoms with Gasteiger partial charge in [-0.05, 0) is 56.2 Å². The number of imide groups is 1. The number of rotatable bonds is 3. The first kappa shape index (κ1) is 18.7. The highest BCUT2D eigenvalue weighted by atomic mass is 35.5. The standard InChI is InChI=1S/C19H24ClN3O3/c1-12-6-8-19(9-7-12)17(25)23(18(26)21-19)11-16(24)22(3)14-5-4-13(2)15(20)10-14/h4-5,10,12H,6-9,11H2,1-3H3,(H,21,26). The van der Waals surface area contributed by atoms with Gasteiger partial charge in [-0.1, -0.05) is 24.6 Å². The van der Waals surface area contributed by atoms with Crippen LogP contribution in [0.25, 0.3) is 0 Å². The average Bonchev–Trinajstić information content (AvgIpc) is 2.83. The SMILES string of the molecule is Cc1ccc(N(C)C(=O)CN2C(=O)NC3(CCC(C)CC3)C2=O)cc1Cl. The summed E-state index contributed by atoms with van der Waals surface area (Å²) in [6, 6.07) is 4.83. The Morgan fingerprint density at radius 3 is 2.62 bits per heavy atom. The second-order valence-corrected chi connectivity index (χ2v) is 7.88. The molecule has 1 aromatic rings. The molecule has 1 aliphatic heterocycles. The topological polar surface area (TPSA) is 69.7 Å². The minimum absolute atomic E-state index is 0.274. The summed E-state index contributed by atoms with van der Waals surface area (Å²) >= 11 is 6.12. The molecule has 140 valence electrons. The van der Waals surface area contributed by atoms with Crippen LogP contribution in [0, 0.1) is 12.8 Å². The van der Waals surface area contributed by atoms with E-state index in [-0.39, 0.29) is 18.4 Å². The first-order chi connectivity index (χ1) is 12.2. The van der Waals surface area contributed by atoms with Crippen LogP contribution in [0.2, 0.25) is 5.02 Å². The van der Waals surface area contributed by atoms with E-state index in [4.69, 9.17) is 11.6 Å². The van der Waals surface area contributed by atoms with Crippen molar-refractivity contribution in [1.29, 1.82) is 0 Å². The van der Waals surface area contributed by atoms with Gasteiger partial charge in [0.25, 0.3) is 5.91 Å². The molecule has 0 radical (unpaired) electrons. The quantitative estimate of drug-likeness (QED) is 0.823. The Balaban J connectivity index is 1.71. The average molecular weight is 378 g/mol. The molecule has 1 heterocycles. The molecular weight excluding hydrogens is 354 g/mol. The number of amides is 4. The van der Waals surface area contributed by atoms with Crippen molar-refractivity contribution in [2.24, 2.45) is 5.92 Å². The second kappa shape index (κ2) is 6.91.